The number of amides is 1. The Morgan fingerprint density at radius 1 is 0.826 bits per heavy atom. The van der Waals surface area contributed by atoms with Gasteiger partial charge in [0.1, 0.15) is 11.5 Å². The van der Waals surface area contributed by atoms with Gasteiger partial charge in [0, 0.05) is 61.8 Å². The van der Waals surface area contributed by atoms with Crippen LogP contribution in [0.2, 0.25) is 0 Å². The first-order valence-corrected chi connectivity index (χ1v) is 16.9. The van der Waals surface area contributed by atoms with Crippen LogP contribution in [0.4, 0.5) is 23.0 Å². The van der Waals surface area contributed by atoms with Gasteiger partial charge >= 0.3 is 0 Å². The maximum Gasteiger partial charge on any atom is 0.263 e. The second kappa shape index (κ2) is 13.9. The molecule has 2 aliphatic rings. The molecule has 13 heteroatoms. The van der Waals surface area contributed by atoms with Crippen LogP contribution in [0.3, 0.4) is 0 Å². The smallest absolute Gasteiger partial charge is 0.263 e. The van der Waals surface area contributed by atoms with E-state index in [0.29, 0.717) is 39.9 Å². The number of hydrogen-bond donors (Lipinski definition) is 3. The van der Waals surface area contributed by atoms with Crippen LogP contribution in [0.5, 0.6) is 11.5 Å². The molecule has 0 atom stereocenters. The SMILES string of the molecule is COc1cc(Nc2nc3ccccc3nc2NS(=O)(=O)c2cccc(NC(=O)CN3CCN(C4CCCC4)CC3)c2)cc(OC)c1. The highest BCUT2D eigenvalue weighted by Crippen LogP contribution is 2.32. The van der Waals surface area contributed by atoms with Gasteiger partial charge in [-0.25, -0.2) is 18.4 Å². The van der Waals surface area contributed by atoms with E-state index in [4.69, 9.17) is 9.47 Å². The number of carbonyl (C=O) groups is 1. The minimum absolute atomic E-state index is 0.00618. The molecule has 4 aromatic rings. The van der Waals surface area contributed by atoms with Gasteiger partial charge in [-0.3, -0.25) is 19.3 Å². The highest BCUT2D eigenvalue weighted by molar-refractivity contribution is 7.92. The Morgan fingerprint density at radius 2 is 1.48 bits per heavy atom. The molecule has 46 heavy (non-hydrogen) atoms. The summed E-state index contributed by atoms with van der Waals surface area (Å²) in [7, 11) is -1.04. The largest absolute Gasteiger partial charge is 0.497 e. The van der Waals surface area contributed by atoms with Gasteiger partial charge < -0.3 is 20.1 Å². The molecular formula is C33H39N7O5S. The zero-order chi connectivity index (χ0) is 32.1. The molecule has 0 spiro atoms. The van der Waals surface area contributed by atoms with E-state index >= 15 is 0 Å². The summed E-state index contributed by atoms with van der Waals surface area (Å²) >= 11 is 0. The van der Waals surface area contributed by atoms with Crippen LogP contribution in [-0.2, 0) is 14.8 Å². The van der Waals surface area contributed by atoms with Crippen LogP contribution < -0.4 is 24.8 Å². The van der Waals surface area contributed by atoms with Crippen molar-refractivity contribution < 1.29 is 22.7 Å². The third-order valence-electron chi connectivity index (χ3n) is 8.46. The molecule has 3 N–H and O–H groups in total. The summed E-state index contributed by atoms with van der Waals surface area (Å²) in [5, 5.41) is 6.03. The van der Waals surface area contributed by atoms with Crippen molar-refractivity contribution in [2.24, 2.45) is 0 Å². The van der Waals surface area contributed by atoms with Crippen LogP contribution >= 0.6 is 0 Å². The van der Waals surface area contributed by atoms with E-state index in [9.17, 15) is 13.2 Å². The number of sulfonamides is 1. The molecule has 242 valence electrons. The first kappa shape index (κ1) is 31.5. The average molecular weight is 646 g/mol. The Bertz CT molecular complexity index is 1780. The lowest BCUT2D eigenvalue weighted by molar-refractivity contribution is -0.117. The Hall–Kier alpha value is -4.46. The summed E-state index contributed by atoms with van der Waals surface area (Å²) < 4.78 is 40.7. The zero-order valence-corrected chi connectivity index (χ0v) is 26.8. The molecule has 6 rings (SSSR count). The number of piperazine rings is 1. The van der Waals surface area contributed by atoms with Gasteiger partial charge in [0.05, 0.1) is 36.7 Å². The molecule has 1 saturated heterocycles. The number of benzene rings is 3. The molecule has 12 nitrogen and oxygen atoms in total. The summed E-state index contributed by atoms with van der Waals surface area (Å²) in [5.74, 6) is 1.10. The van der Waals surface area contributed by atoms with E-state index in [-0.39, 0.29) is 29.0 Å². The summed E-state index contributed by atoms with van der Waals surface area (Å²) in [4.78, 5) is 26.8. The van der Waals surface area contributed by atoms with Crippen LogP contribution in [0.25, 0.3) is 11.0 Å². The van der Waals surface area contributed by atoms with Crippen molar-refractivity contribution in [1.82, 2.24) is 19.8 Å². The molecule has 1 saturated carbocycles. The van der Waals surface area contributed by atoms with Crippen LogP contribution in [-0.4, -0.2) is 87.1 Å². The molecule has 0 unspecified atom stereocenters. The van der Waals surface area contributed by atoms with Gasteiger partial charge in [0.25, 0.3) is 10.0 Å². The van der Waals surface area contributed by atoms with E-state index in [1.54, 1.807) is 62.8 Å². The van der Waals surface area contributed by atoms with Crippen molar-refractivity contribution in [2.75, 3.05) is 62.3 Å². The minimum Gasteiger partial charge on any atom is -0.497 e. The highest BCUT2D eigenvalue weighted by atomic mass is 32.2. The average Bonchev–Trinajstić information content (AvgIpc) is 3.60. The van der Waals surface area contributed by atoms with Crippen LogP contribution in [0.1, 0.15) is 25.7 Å². The van der Waals surface area contributed by atoms with Crippen molar-refractivity contribution in [1.29, 1.82) is 0 Å². The molecule has 1 aromatic heterocycles. The van der Waals surface area contributed by atoms with Crippen LogP contribution in [0, 0.1) is 0 Å². The fourth-order valence-electron chi connectivity index (χ4n) is 6.06. The standard InChI is InChI=1S/C33H39N7O5S/c1-44-26-18-24(19-27(21-26)45-2)35-32-33(37-30-13-6-5-12-29(30)36-32)38-46(42,43)28-11-7-8-23(20-28)34-31(41)22-39-14-16-40(17-15-39)25-9-3-4-10-25/h5-8,11-13,18-21,25H,3-4,9-10,14-17,22H2,1-2H3,(H,34,41)(H,35,36)(H,37,38). The number of methoxy groups -OCH3 is 2. The molecule has 3 aromatic carbocycles. The van der Waals surface area contributed by atoms with Crippen LogP contribution in [0.15, 0.2) is 71.6 Å². The highest BCUT2D eigenvalue weighted by Gasteiger charge is 2.27. The third-order valence-corrected chi connectivity index (χ3v) is 9.80. The van der Waals surface area contributed by atoms with E-state index in [0.717, 1.165) is 26.2 Å². The topological polar surface area (TPSA) is 138 Å². The van der Waals surface area contributed by atoms with Crippen molar-refractivity contribution >= 4 is 50.0 Å². The molecular weight excluding hydrogens is 606 g/mol. The number of nitrogens with zero attached hydrogens (tertiary/aromatic N) is 4. The van der Waals surface area contributed by atoms with Crippen molar-refractivity contribution in [3.8, 4) is 11.5 Å². The number of rotatable bonds is 11. The number of para-hydroxylation sites is 2. The molecule has 0 bridgehead atoms. The molecule has 1 amide bonds. The fourth-order valence-corrected chi connectivity index (χ4v) is 7.12. The Kier molecular flexibility index (Phi) is 9.52. The van der Waals surface area contributed by atoms with Gasteiger partial charge in [-0.2, -0.15) is 0 Å². The number of anilines is 4. The normalized spacial score (nSPS) is 16.3. The maximum absolute atomic E-state index is 13.7. The number of ether oxygens (including phenoxy) is 2. The molecule has 1 aliphatic heterocycles. The van der Waals surface area contributed by atoms with Crippen molar-refractivity contribution in [3.63, 3.8) is 0 Å². The number of carbonyl (C=O) groups excluding carboxylic acids is 1. The lowest BCUT2D eigenvalue weighted by atomic mass is 10.2. The Labute approximate surface area is 269 Å². The first-order valence-electron chi connectivity index (χ1n) is 15.5. The van der Waals surface area contributed by atoms with E-state index in [1.807, 2.05) is 6.07 Å². The van der Waals surface area contributed by atoms with Crippen molar-refractivity contribution in [2.45, 2.75) is 36.6 Å². The fraction of sp³-hybridized carbons (Fsp3) is 0.364. The number of nitrogens with one attached hydrogen (secondary N) is 3. The van der Waals surface area contributed by atoms with Gasteiger partial charge in [-0.1, -0.05) is 31.0 Å². The number of hydrogen-bond acceptors (Lipinski definition) is 10. The zero-order valence-electron chi connectivity index (χ0n) is 26.0. The number of aromatic nitrogens is 2. The Balaban J connectivity index is 1.17. The lowest BCUT2D eigenvalue weighted by Gasteiger charge is -2.37. The summed E-state index contributed by atoms with van der Waals surface area (Å²) in [6, 6.07) is 19.2. The summed E-state index contributed by atoms with van der Waals surface area (Å²) in [6.07, 6.45) is 5.17. The summed E-state index contributed by atoms with van der Waals surface area (Å²) in [6.45, 7) is 3.88. The van der Waals surface area contributed by atoms with E-state index in [1.165, 1.54) is 37.8 Å². The minimum atomic E-state index is -4.13. The van der Waals surface area contributed by atoms with E-state index < -0.39 is 10.0 Å². The van der Waals surface area contributed by atoms with Gasteiger partial charge in [0.15, 0.2) is 11.6 Å². The second-order valence-corrected chi connectivity index (χ2v) is 13.3. The first-order chi connectivity index (χ1) is 22.3. The van der Waals surface area contributed by atoms with Gasteiger partial charge in [-0.15, -0.1) is 0 Å². The predicted molar refractivity (Wildman–Crippen MR) is 179 cm³/mol. The lowest BCUT2D eigenvalue weighted by Crippen LogP contribution is -2.51. The van der Waals surface area contributed by atoms with Crippen molar-refractivity contribution in [3.05, 3.63) is 66.7 Å². The predicted octanol–water partition coefficient (Wildman–Crippen LogP) is 4.69. The van der Waals surface area contributed by atoms with Gasteiger partial charge in [-0.05, 0) is 43.2 Å². The number of fused-ring (bicyclic) bond motifs is 1. The molecule has 2 fully saturated rings. The molecule has 2 heterocycles. The molecule has 1 aliphatic carbocycles. The van der Waals surface area contributed by atoms with E-state index in [2.05, 4.69) is 35.1 Å². The summed E-state index contributed by atoms with van der Waals surface area (Å²) in [5.41, 5.74) is 2.04. The molecule has 0 radical (unpaired) electrons. The quantitative estimate of drug-likeness (QED) is 0.211. The third kappa shape index (κ3) is 7.49. The Morgan fingerprint density at radius 3 is 2.13 bits per heavy atom. The maximum atomic E-state index is 13.7. The second-order valence-electron chi connectivity index (χ2n) is 11.6. The monoisotopic (exact) mass is 645 g/mol. The van der Waals surface area contributed by atoms with Gasteiger partial charge in [0.2, 0.25) is 5.91 Å².